The third kappa shape index (κ3) is 2.52. The SMILES string of the molecule is Cc1cc(OCC2(CO)CC2)ccc1Br. The van der Waals surface area contributed by atoms with Crippen LogP contribution in [0.2, 0.25) is 0 Å². The molecule has 1 N–H and O–H groups in total. The van der Waals surface area contributed by atoms with Crippen LogP contribution < -0.4 is 4.74 Å². The van der Waals surface area contributed by atoms with Crippen molar-refractivity contribution in [2.75, 3.05) is 13.2 Å². The molecule has 0 amide bonds. The summed E-state index contributed by atoms with van der Waals surface area (Å²) in [5.41, 5.74) is 1.22. The van der Waals surface area contributed by atoms with Gasteiger partial charge in [0, 0.05) is 9.89 Å². The lowest BCUT2D eigenvalue weighted by molar-refractivity contribution is 0.146. The normalized spacial score (nSPS) is 17.5. The molecule has 2 rings (SSSR count). The molecular formula is C12H15BrO2. The second-order valence-corrected chi connectivity index (χ2v) is 5.21. The van der Waals surface area contributed by atoms with Gasteiger partial charge >= 0.3 is 0 Å². The van der Waals surface area contributed by atoms with Crippen molar-refractivity contribution in [1.29, 1.82) is 0 Å². The summed E-state index contributed by atoms with van der Waals surface area (Å²) in [6.07, 6.45) is 2.16. The molecule has 0 atom stereocenters. The number of aliphatic hydroxyl groups excluding tert-OH is 1. The Labute approximate surface area is 98.4 Å². The second kappa shape index (κ2) is 4.14. The Morgan fingerprint density at radius 1 is 1.47 bits per heavy atom. The first-order valence-electron chi connectivity index (χ1n) is 5.15. The third-order valence-electron chi connectivity index (χ3n) is 2.97. The van der Waals surface area contributed by atoms with Crippen molar-refractivity contribution in [2.45, 2.75) is 19.8 Å². The van der Waals surface area contributed by atoms with Crippen molar-refractivity contribution in [1.82, 2.24) is 0 Å². The molecule has 1 aromatic rings. The summed E-state index contributed by atoms with van der Waals surface area (Å²) in [7, 11) is 0. The molecule has 0 radical (unpaired) electrons. The van der Waals surface area contributed by atoms with E-state index in [0.29, 0.717) is 6.61 Å². The highest BCUT2D eigenvalue weighted by Gasteiger charge is 2.42. The molecule has 0 heterocycles. The summed E-state index contributed by atoms with van der Waals surface area (Å²) in [4.78, 5) is 0. The quantitative estimate of drug-likeness (QED) is 0.912. The summed E-state index contributed by atoms with van der Waals surface area (Å²) in [5, 5.41) is 9.15. The second-order valence-electron chi connectivity index (χ2n) is 4.36. The fourth-order valence-corrected chi connectivity index (χ4v) is 1.71. The van der Waals surface area contributed by atoms with Gasteiger partial charge in [-0.25, -0.2) is 0 Å². The van der Waals surface area contributed by atoms with E-state index in [1.54, 1.807) is 0 Å². The van der Waals surface area contributed by atoms with Crippen LogP contribution in [0.15, 0.2) is 22.7 Å². The van der Waals surface area contributed by atoms with Gasteiger partial charge in [-0.2, -0.15) is 0 Å². The van der Waals surface area contributed by atoms with Gasteiger partial charge < -0.3 is 9.84 Å². The molecule has 0 aliphatic heterocycles. The molecular weight excluding hydrogens is 256 g/mol. The van der Waals surface area contributed by atoms with Crippen LogP contribution in [0.4, 0.5) is 0 Å². The van der Waals surface area contributed by atoms with Crippen LogP contribution in [0.5, 0.6) is 5.75 Å². The van der Waals surface area contributed by atoms with Gasteiger partial charge in [0.15, 0.2) is 0 Å². The van der Waals surface area contributed by atoms with E-state index in [1.807, 2.05) is 25.1 Å². The third-order valence-corrected chi connectivity index (χ3v) is 3.86. The van der Waals surface area contributed by atoms with Crippen LogP contribution in [0, 0.1) is 12.3 Å². The monoisotopic (exact) mass is 270 g/mol. The molecule has 1 aliphatic rings. The zero-order chi connectivity index (χ0) is 10.9. The van der Waals surface area contributed by atoms with Gasteiger partial charge in [-0.15, -0.1) is 0 Å². The van der Waals surface area contributed by atoms with Crippen LogP contribution in [-0.4, -0.2) is 18.3 Å². The average molecular weight is 271 g/mol. The van der Waals surface area contributed by atoms with Gasteiger partial charge in [-0.3, -0.25) is 0 Å². The van der Waals surface area contributed by atoms with Crippen LogP contribution in [0.25, 0.3) is 0 Å². The van der Waals surface area contributed by atoms with Crippen LogP contribution in [0.3, 0.4) is 0 Å². The molecule has 1 aliphatic carbocycles. The van der Waals surface area contributed by atoms with Crippen molar-refractivity contribution in [2.24, 2.45) is 5.41 Å². The molecule has 82 valence electrons. The first-order valence-corrected chi connectivity index (χ1v) is 5.94. The number of hydrogen-bond acceptors (Lipinski definition) is 2. The molecule has 0 aromatic heterocycles. The molecule has 1 saturated carbocycles. The summed E-state index contributed by atoms with van der Waals surface area (Å²) in [6, 6.07) is 5.95. The molecule has 2 nitrogen and oxygen atoms in total. The minimum Gasteiger partial charge on any atom is -0.493 e. The lowest BCUT2D eigenvalue weighted by Crippen LogP contribution is -2.17. The first-order chi connectivity index (χ1) is 7.15. The number of hydrogen-bond donors (Lipinski definition) is 1. The molecule has 0 unspecified atom stereocenters. The van der Waals surface area contributed by atoms with Gasteiger partial charge in [0.2, 0.25) is 0 Å². The van der Waals surface area contributed by atoms with Crippen LogP contribution in [0.1, 0.15) is 18.4 Å². The molecule has 15 heavy (non-hydrogen) atoms. The first kappa shape index (κ1) is 11.0. The maximum Gasteiger partial charge on any atom is 0.119 e. The topological polar surface area (TPSA) is 29.5 Å². The van der Waals surface area contributed by atoms with Crippen molar-refractivity contribution in [3.63, 3.8) is 0 Å². The van der Waals surface area contributed by atoms with Gasteiger partial charge in [0.25, 0.3) is 0 Å². The summed E-state index contributed by atoms with van der Waals surface area (Å²) >= 11 is 3.45. The van der Waals surface area contributed by atoms with Crippen LogP contribution in [-0.2, 0) is 0 Å². The average Bonchev–Trinajstić information content (AvgIpc) is 3.01. The van der Waals surface area contributed by atoms with E-state index in [0.717, 1.165) is 23.1 Å². The Kier molecular flexibility index (Phi) is 3.03. The van der Waals surface area contributed by atoms with E-state index in [4.69, 9.17) is 9.84 Å². The number of benzene rings is 1. The number of halogens is 1. The minimum atomic E-state index is 0.0565. The molecule has 0 saturated heterocycles. The number of aryl methyl sites for hydroxylation is 1. The van der Waals surface area contributed by atoms with E-state index < -0.39 is 0 Å². The lowest BCUT2D eigenvalue weighted by atomic mass is 10.1. The fraction of sp³-hybridized carbons (Fsp3) is 0.500. The largest absolute Gasteiger partial charge is 0.493 e. The highest BCUT2D eigenvalue weighted by molar-refractivity contribution is 9.10. The smallest absolute Gasteiger partial charge is 0.119 e. The summed E-state index contributed by atoms with van der Waals surface area (Å²) in [6.45, 7) is 2.91. The number of rotatable bonds is 4. The predicted molar refractivity (Wildman–Crippen MR) is 63.1 cm³/mol. The minimum absolute atomic E-state index is 0.0565. The Morgan fingerprint density at radius 2 is 2.20 bits per heavy atom. The van der Waals surface area contributed by atoms with E-state index in [-0.39, 0.29) is 12.0 Å². The maximum atomic E-state index is 9.15. The maximum absolute atomic E-state index is 9.15. The van der Waals surface area contributed by atoms with E-state index >= 15 is 0 Å². The van der Waals surface area contributed by atoms with Crippen molar-refractivity contribution in [3.8, 4) is 5.75 Å². The zero-order valence-corrected chi connectivity index (χ0v) is 10.4. The van der Waals surface area contributed by atoms with Gasteiger partial charge in [0.05, 0.1) is 13.2 Å². The van der Waals surface area contributed by atoms with E-state index in [1.165, 1.54) is 5.56 Å². The van der Waals surface area contributed by atoms with E-state index in [2.05, 4.69) is 15.9 Å². The summed E-state index contributed by atoms with van der Waals surface area (Å²) in [5.74, 6) is 0.885. The predicted octanol–water partition coefficient (Wildman–Crippen LogP) is 2.91. The Hall–Kier alpha value is -0.540. The van der Waals surface area contributed by atoms with Crippen molar-refractivity contribution >= 4 is 15.9 Å². The van der Waals surface area contributed by atoms with Gasteiger partial charge in [-0.05, 0) is 43.5 Å². The van der Waals surface area contributed by atoms with E-state index in [9.17, 15) is 0 Å². The highest BCUT2D eigenvalue weighted by atomic mass is 79.9. The molecule has 0 spiro atoms. The molecule has 1 aromatic carbocycles. The van der Waals surface area contributed by atoms with Crippen molar-refractivity contribution in [3.05, 3.63) is 28.2 Å². The summed E-state index contributed by atoms with van der Waals surface area (Å²) < 4.78 is 6.77. The zero-order valence-electron chi connectivity index (χ0n) is 8.79. The fourth-order valence-electron chi connectivity index (χ4n) is 1.47. The highest BCUT2D eigenvalue weighted by Crippen LogP contribution is 2.45. The number of ether oxygens (including phenoxy) is 1. The standard InChI is InChI=1S/C12H15BrO2/c1-9-6-10(2-3-11(9)13)15-8-12(7-14)4-5-12/h2-3,6,14H,4-5,7-8H2,1H3. The molecule has 3 heteroatoms. The van der Waals surface area contributed by atoms with Crippen LogP contribution >= 0.6 is 15.9 Å². The van der Waals surface area contributed by atoms with Gasteiger partial charge in [-0.1, -0.05) is 15.9 Å². The van der Waals surface area contributed by atoms with Gasteiger partial charge in [0.1, 0.15) is 5.75 Å². The van der Waals surface area contributed by atoms with Crippen molar-refractivity contribution < 1.29 is 9.84 Å². The Morgan fingerprint density at radius 3 is 2.73 bits per heavy atom. The Bertz CT molecular complexity index is 359. The molecule has 0 bridgehead atoms. The Balaban J connectivity index is 1.96. The lowest BCUT2D eigenvalue weighted by Gasteiger charge is -2.13. The molecule has 1 fully saturated rings. The number of aliphatic hydroxyl groups is 1.